The molecule has 0 saturated carbocycles. The van der Waals surface area contributed by atoms with Crippen molar-refractivity contribution < 1.29 is 9.53 Å². The molecule has 1 atom stereocenters. The third kappa shape index (κ3) is 4.13. The SMILES string of the molecule is O=C(NCCCN1CCCC1)N[C@H]1COc2ccccc2C1. The van der Waals surface area contributed by atoms with Gasteiger partial charge in [0.25, 0.3) is 0 Å². The number of carbonyl (C=O) groups excluding carboxylic acids is 1. The lowest BCUT2D eigenvalue weighted by molar-refractivity contribution is 0.214. The number of likely N-dealkylation sites (tertiary alicyclic amines) is 1. The zero-order valence-electron chi connectivity index (χ0n) is 13.0. The van der Waals surface area contributed by atoms with E-state index in [1.54, 1.807) is 0 Å². The number of fused-ring (bicyclic) bond motifs is 1. The summed E-state index contributed by atoms with van der Waals surface area (Å²) in [4.78, 5) is 14.4. The highest BCUT2D eigenvalue weighted by molar-refractivity contribution is 5.74. The van der Waals surface area contributed by atoms with E-state index in [0.717, 1.165) is 37.2 Å². The van der Waals surface area contributed by atoms with Gasteiger partial charge in [-0.15, -0.1) is 0 Å². The molecule has 2 aliphatic heterocycles. The van der Waals surface area contributed by atoms with E-state index >= 15 is 0 Å². The fourth-order valence-corrected chi connectivity index (χ4v) is 3.17. The number of hydrogen-bond acceptors (Lipinski definition) is 3. The minimum atomic E-state index is -0.0885. The predicted octanol–water partition coefficient (Wildman–Crippen LogP) is 1.78. The fourth-order valence-electron chi connectivity index (χ4n) is 3.17. The van der Waals surface area contributed by atoms with Crippen molar-refractivity contribution in [2.75, 3.05) is 32.8 Å². The minimum absolute atomic E-state index is 0.0495. The summed E-state index contributed by atoms with van der Waals surface area (Å²) < 4.78 is 5.68. The van der Waals surface area contributed by atoms with Crippen LogP contribution in [-0.2, 0) is 6.42 Å². The van der Waals surface area contributed by atoms with Crippen LogP contribution in [0.25, 0.3) is 0 Å². The summed E-state index contributed by atoms with van der Waals surface area (Å²) in [5.74, 6) is 0.937. The number of nitrogens with one attached hydrogen (secondary N) is 2. The summed E-state index contributed by atoms with van der Waals surface area (Å²) >= 11 is 0. The van der Waals surface area contributed by atoms with E-state index in [9.17, 15) is 4.79 Å². The van der Waals surface area contributed by atoms with Gasteiger partial charge in [-0.1, -0.05) is 18.2 Å². The second-order valence-corrected chi connectivity index (χ2v) is 6.12. The van der Waals surface area contributed by atoms with Crippen LogP contribution in [0.2, 0.25) is 0 Å². The first-order valence-corrected chi connectivity index (χ1v) is 8.29. The van der Waals surface area contributed by atoms with Gasteiger partial charge in [-0.25, -0.2) is 4.79 Å². The molecule has 2 heterocycles. The number of para-hydroxylation sites is 1. The molecule has 2 aliphatic rings. The van der Waals surface area contributed by atoms with E-state index in [0.29, 0.717) is 6.61 Å². The Morgan fingerprint density at radius 3 is 2.95 bits per heavy atom. The Labute approximate surface area is 132 Å². The van der Waals surface area contributed by atoms with Crippen molar-refractivity contribution in [2.24, 2.45) is 0 Å². The quantitative estimate of drug-likeness (QED) is 0.815. The van der Waals surface area contributed by atoms with Crippen LogP contribution in [0.1, 0.15) is 24.8 Å². The van der Waals surface area contributed by atoms with Crippen molar-refractivity contribution in [3.05, 3.63) is 29.8 Å². The van der Waals surface area contributed by atoms with Gasteiger partial charge in [0.05, 0.1) is 6.04 Å². The zero-order valence-corrected chi connectivity index (χ0v) is 13.0. The van der Waals surface area contributed by atoms with E-state index in [2.05, 4.69) is 21.6 Å². The predicted molar refractivity (Wildman–Crippen MR) is 86.3 cm³/mol. The monoisotopic (exact) mass is 303 g/mol. The molecule has 1 aromatic rings. The molecule has 0 bridgehead atoms. The van der Waals surface area contributed by atoms with Gasteiger partial charge in [0, 0.05) is 6.54 Å². The van der Waals surface area contributed by atoms with Crippen LogP contribution >= 0.6 is 0 Å². The second kappa shape index (κ2) is 7.49. The van der Waals surface area contributed by atoms with E-state index in [-0.39, 0.29) is 12.1 Å². The minimum Gasteiger partial charge on any atom is -0.491 e. The van der Waals surface area contributed by atoms with Crippen LogP contribution in [0.5, 0.6) is 5.75 Å². The van der Waals surface area contributed by atoms with E-state index < -0.39 is 0 Å². The van der Waals surface area contributed by atoms with Crippen LogP contribution in [0.3, 0.4) is 0 Å². The molecule has 1 saturated heterocycles. The molecule has 0 unspecified atom stereocenters. The lowest BCUT2D eigenvalue weighted by Crippen LogP contribution is -2.47. The summed E-state index contributed by atoms with van der Waals surface area (Å²) in [6.07, 6.45) is 4.48. The van der Waals surface area contributed by atoms with E-state index in [1.165, 1.54) is 25.9 Å². The maximum Gasteiger partial charge on any atom is 0.315 e. The number of urea groups is 1. The van der Waals surface area contributed by atoms with Gasteiger partial charge < -0.3 is 20.3 Å². The van der Waals surface area contributed by atoms with E-state index in [4.69, 9.17) is 4.74 Å². The van der Waals surface area contributed by atoms with Crippen LogP contribution in [0.4, 0.5) is 4.79 Å². The van der Waals surface area contributed by atoms with Gasteiger partial charge in [-0.3, -0.25) is 0 Å². The average Bonchev–Trinajstić information content (AvgIpc) is 3.05. The second-order valence-electron chi connectivity index (χ2n) is 6.12. The molecule has 22 heavy (non-hydrogen) atoms. The lowest BCUT2D eigenvalue weighted by Gasteiger charge is -2.26. The van der Waals surface area contributed by atoms with Gasteiger partial charge in [-0.05, 0) is 56.9 Å². The summed E-state index contributed by atoms with van der Waals surface area (Å²) in [5.41, 5.74) is 1.16. The highest BCUT2D eigenvalue weighted by Gasteiger charge is 2.20. The number of amides is 2. The number of rotatable bonds is 5. The highest BCUT2D eigenvalue weighted by atomic mass is 16.5. The molecule has 1 aromatic carbocycles. The first-order valence-electron chi connectivity index (χ1n) is 8.29. The fraction of sp³-hybridized carbons (Fsp3) is 0.588. The summed E-state index contributed by atoms with van der Waals surface area (Å²) in [7, 11) is 0. The summed E-state index contributed by atoms with van der Waals surface area (Å²) in [6, 6.07) is 7.96. The standard InChI is InChI=1S/C17H25N3O2/c21-17(18-8-5-11-20-9-3-4-10-20)19-15-12-14-6-1-2-7-16(14)22-13-15/h1-2,6-7,15H,3-5,8-13H2,(H2,18,19,21)/t15-/m1/s1. The summed E-state index contributed by atoms with van der Waals surface area (Å²) in [5, 5.41) is 5.95. The number of hydrogen-bond donors (Lipinski definition) is 2. The van der Waals surface area contributed by atoms with Gasteiger partial charge in [0.1, 0.15) is 12.4 Å². The third-order valence-corrected chi connectivity index (χ3v) is 4.35. The molecule has 5 heteroatoms. The topological polar surface area (TPSA) is 53.6 Å². The lowest BCUT2D eigenvalue weighted by atomic mass is 10.0. The van der Waals surface area contributed by atoms with Crippen LogP contribution in [0.15, 0.2) is 24.3 Å². The third-order valence-electron chi connectivity index (χ3n) is 4.35. The van der Waals surface area contributed by atoms with Crippen LogP contribution in [-0.4, -0.2) is 49.8 Å². The van der Waals surface area contributed by atoms with Crippen molar-refractivity contribution in [3.63, 3.8) is 0 Å². The highest BCUT2D eigenvalue weighted by Crippen LogP contribution is 2.23. The molecule has 0 aromatic heterocycles. The van der Waals surface area contributed by atoms with Crippen molar-refractivity contribution in [3.8, 4) is 5.75 Å². The van der Waals surface area contributed by atoms with Crippen molar-refractivity contribution in [1.29, 1.82) is 0 Å². The Balaban J connectivity index is 1.34. The molecule has 1 fully saturated rings. The number of benzene rings is 1. The largest absolute Gasteiger partial charge is 0.491 e. The van der Waals surface area contributed by atoms with E-state index in [1.807, 2.05) is 18.2 Å². The van der Waals surface area contributed by atoms with Gasteiger partial charge in [-0.2, -0.15) is 0 Å². The van der Waals surface area contributed by atoms with Crippen LogP contribution < -0.4 is 15.4 Å². The number of carbonyl (C=O) groups is 1. The molecule has 0 radical (unpaired) electrons. The van der Waals surface area contributed by atoms with Crippen molar-refractivity contribution in [1.82, 2.24) is 15.5 Å². The Bertz CT molecular complexity index is 500. The first-order chi connectivity index (χ1) is 10.8. The number of nitrogens with zero attached hydrogens (tertiary/aromatic N) is 1. The number of ether oxygens (including phenoxy) is 1. The molecule has 3 rings (SSSR count). The molecule has 2 N–H and O–H groups in total. The maximum absolute atomic E-state index is 11.9. The normalized spacial score (nSPS) is 21.0. The van der Waals surface area contributed by atoms with Crippen molar-refractivity contribution in [2.45, 2.75) is 31.7 Å². The molecule has 2 amide bonds. The van der Waals surface area contributed by atoms with Gasteiger partial charge in [0.2, 0.25) is 0 Å². The Hall–Kier alpha value is -1.75. The average molecular weight is 303 g/mol. The molecule has 0 spiro atoms. The molecule has 0 aliphatic carbocycles. The zero-order chi connectivity index (χ0) is 15.2. The Kier molecular flexibility index (Phi) is 5.16. The maximum atomic E-state index is 11.9. The van der Waals surface area contributed by atoms with Gasteiger partial charge in [0.15, 0.2) is 0 Å². The smallest absolute Gasteiger partial charge is 0.315 e. The molecule has 120 valence electrons. The molecule has 5 nitrogen and oxygen atoms in total. The van der Waals surface area contributed by atoms with Gasteiger partial charge >= 0.3 is 6.03 Å². The van der Waals surface area contributed by atoms with Crippen molar-refractivity contribution >= 4 is 6.03 Å². The Morgan fingerprint density at radius 2 is 2.09 bits per heavy atom. The summed E-state index contributed by atoms with van der Waals surface area (Å²) in [6.45, 7) is 4.78. The molecular formula is C17H25N3O2. The molecular weight excluding hydrogens is 278 g/mol. The van der Waals surface area contributed by atoms with Crippen LogP contribution in [0, 0.1) is 0 Å². The first kappa shape index (κ1) is 15.2. The Morgan fingerprint density at radius 1 is 1.27 bits per heavy atom.